The van der Waals surface area contributed by atoms with Crippen LogP contribution in [0.3, 0.4) is 0 Å². The van der Waals surface area contributed by atoms with Gasteiger partial charge in [-0.3, -0.25) is 14.4 Å². The summed E-state index contributed by atoms with van der Waals surface area (Å²) in [7, 11) is 1.90. The van der Waals surface area contributed by atoms with Gasteiger partial charge in [-0.25, -0.2) is 0 Å². The molecule has 5 nitrogen and oxygen atoms in total. The molecule has 1 aliphatic carbocycles. The van der Waals surface area contributed by atoms with E-state index in [-0.39, 0.29) is 34.3 Å². The van der Waals surface area contributed by atoms with Gasteiger partial charge in [-0.1, -0.05) is 54.1 Å². The lowest BCUT2D eigenvalue weighted by Gasteiger charge is -2.29. The van der Waals surface area contributed by atoms with Crippen LogP contribution in [-0.4, -0.2) is 42.5 Å². The number of nitrogens with zero attached hydrogens (tertiary/aromatic N) is 2. The number of allylic oxidation sites excluding steroid dienone is 2. The third kappa shape index (κ3) is 3.64. The van der Waals surface area contributed by atoms with Crippen LogP contribution in [-0.2, 0) is 4.79 Å². The van der Waals surface area contributed by atoms with Crippen molar-refractivity contribution >= 4 is 34.8 Å². The molecule has 1 aliphatic rings. The molecule has 0 unspecified atom stereocenters. The Bertz CT molecular complexity index is 937. The minimum absolute atomic E-state index is 0.0469. The van der Waals surface area contributed by atoms with Gasteiger partial charge in [0.1, 0.15) is 10.7 Å². The summed E-state index contributed by atoms with van der Waals surface area (Å²) < 4.78 is 0. The summed E-state index contributed by atoms with van der Waals surface area (Å²) >= 11 is 6.23. The summed E-state index contributed by atoms with van der Waals surface area (Å²) in [5, 5.41) is -0.212. The van der Waals surface area contributed by atoms with E-state index in [1.165, 1.54) is 11.8 Å². The molecule has 3 rings (SSSR count). The van der Waals surface area contributed by atoms with E-state index in [9.17, 15) is 14.4 Å². The normalized spacial score (nSPS) is 13.4. The minimum Gasteiger partial charge on any atom is -0.373 e. The molecule has 0 atom stereocenters. The van der Waals surface area contributed by atoms with Crippen LogP contribution < -0.4 is 4.90 Å². The topological polar surface area (TPSA) is 57.7 Å². The molecular weight excluding hydrogens is 364 g/mol. The number of carbonyl (C=O) groups excluding carboxylic acids is 3. The van der Waals surface area contributed by atoms with Crippen molar-refractivity contribution in [2.75, 3.05) is 25.0 Å². The molecule has 0 fully saturated rings. The van der Waals surface area contributed by atoms with Crippen molar-refractivity contribution in [3.8, 4) is 0 Å². The van der Waals surface area contributed by atoms with Crippen molar-refractivity contribution in [2.24, 2.45) is 0 Å². The monoisotopic (exact) mass is 382 g/mol. The lowest BCUT2D eigenvalue weighted by atomic mass is 9.92. The predicted molar refractivity (Wildman–Crippen MR) is 105 cm³/mol. The Morgan fingerprint density at radius 2 is 1.44 bits per heavy atom. The average Bonchev–Trinajstić information content (AvgIpc) is 2.69. The highest BCUT2D eigenvalue weighted by Gasteiger charge is 2.35. The number of likely N-dealkylation sites (N-methyl/N-ethyl adjacent to an activating group) is 1. The van der Waals surface area contributed by atoms with Gasteiger partial charge in [-0.2, -0.15) is 0 Å². The number of anilines is 1. The third-order valence-corrected chi connectivity index (χ3v) is 4.90. The van der Waals surface area contributed by atoms with Crippen LogP contribution in [0.1, 0.15) is 27.6 Å². The van der Waals surface area contributed by atoms with E-state index in [1.54, 1.807) is 24.3 Å². The number of hydrogen-bond acceptors (Lipinski definition) is 4. The van der Waals surface area contributed by atoms with E-state index in [0.717, 1.165) is 5.69 Å². The van der Waals surface area contributed by atoms with Gasteiger partial charge < -0.3 is 9.80 Å². The second-order valence-electron chi connectivity index (χ2n) is 6.29. The molecule has 2 aromatic carbocycles. The molecule has 2 aromatic rings. The van der Waals surface area contributed by atoms with Gasteiger partial charge in [-0.05, 0) is 12.1 Å². The molecule has 1 amide bonds. The van der Waals surface area contributed by atoms with Crippen LogP contribution in [0.2, 0.25) is 0 Å². The standard InChI is InChI=1S/C21H19ClN2O3/c1-14(25)24(13-12-23(2)15-8-4-3-5-9-15)19-18(22)20(26)16-10-6-7-11-17(16)21(19)27/h3-11H,12-13H2,1-2H3. The first-order chi connectivity index (χ1) is 12.9. The Morgan fingerprint density at radius 3 is 2.04 bits per heavy atom. The zero-order valence-electron chi connectivity index (χ0n) is 15.1. The number of ketones is 2. The van der Waals surface area contributed by atoms with E-state index in [2.05, 4.69) is 0 Å². The number of para-hydroxylation sites is 1. The molecule has 138 valence electrons. The number of amides is 1. The number of carbonyl (C=O) groups is 3. The molecule has 0 aromatic heterocycles. The summed E-state index contributed by atoms with van der Waals surface area (Å²) in [5.74, 6) is -1.19. The van der Waals surface area contributed by atoms with Gasteiger partial charge in [0.25, 0.3) is 0 Å². The third-order valence-electron chi connectivity index (χ3n) is 4.54. The van der Waals surface area contributed by atoms with Crippen LogP contribution in [0.15, 0.2) is 65.3 Å². The Hall–Kier alpha value is -2.92. The maximum absolute atomic E-state index is 12.9. The highest BCUT2D eigenvalue weighted by Crippen LogP contribution is 2.30. The van der Waals surface area contributed by atoms with Crippen molar-refractivity contribution in [2.45, 2.75) is 6.92 Å². The quantitative estimate of drug-likeness (QED) is 0.794. The first-order valence-electron chi connectivity index (χ1n) is 8.54. The zero-order chi connectivity index (χ0) is 19.6. The van der Waals surface area contributed by atoms with E-state index < -0.39 is 11.6 Å². The van der Waals surface area contributed by atoms with Gasteiger partial charge in [-0.15, -0.1) is 0 Å². The second-order valence-corrected chi connectivity index (χ2v) is 6.67. The molecule has 0 saturated heterocycles. The van der Waals surface area contributed by atoms with Crippen molar-refractivity contribution in [3.63, 3.8) is 0 Å². The van der Waals surface area contributed by atoms with E-state index in [1.807, 2.05) is 42.3 Å². The molecule has 0 aliphatic heterocycles. The molecule has 0 radical (unpaired) electrons. The highest BCUT2D eigenvalue weighted by atomic mass is 35.5. The van der Waals surface area contributed by atoms with Crippen LogP contribution >= 0.6 is 11.6 Å². The number of Topliss-reactive ketones (excluding diaryl/α,β-unsaturated/α-hetero) is 2. The van der Waals surface area contributed by atoms with Gasteiger partial charge in [0, 0.05) is 43.9 Å². The summed E-state index contributed by atoms with van der Waals surface area (Å²) in [5.41, 5.74) is 1.47. The fourth-order valence-corrected chi connectivity index (χ4v) is 3.35. The van der Waals surface area contributed by atoms with Gasteiger partial charge in [0.2, 0.25) is 17.5 Å². The fraction of sp³-hybridized carbons (Fsp3) is 0.190. The Balaban J connectivity index is 1.89. The van der Waals surface area contributed by atoms with Gasteiger partial charge in [0.15, 0.2) is 0 Å². The first kappa shape index (κ1) is 18.9. The maximum Gasteiger partial charge on any atom is 0.224 e. The molecule has 0 spiro atoms. The van der Waals surface area contributed by atoms with Crippen molar-refractivity contribution in [3.05, 3.63) is 76.5 Å². The van der Waals surface area contributed by atoms with Crippen molar-refractivity contribution in [1.82, 2.24) is 4.90 Å². The summed E-state index contributed by atoms with van der Waals surface area (Å²) in [6, 6.07) is 16.2. The maximum atomic E-state index is 12.9. The Kier molecular flexibility index (Phi) is 5.42. The van der Waals surface area contributed by atoms with Gasteiger partial charge >= 0.3 is 0 Å². The lowest BCUT2D eigenvalue weighted by Crippen LogP contribution is -2.40. The van der Waals surface area contributed by atoms with Crippen molar-refractivity contribution < 1.29 is 14.4 Å². The smallest absolute Gasteiger partial charge is 0.224 e. The largest absolute Gasteiger partial charge is 0.373 e. The minimum atomic E-state index is -0.440. The molecule has 0 saturated carbocycles. The number of rotatable bonds is 5. The lowest BCUT2D eigenvalue weighted by molar-refractivity contribution is -0.126. The molecule has 6 heteroatoms. The summed E-state index contributed by atoms with van der Waals surface area (Å²) in [6.07, 6.45) is 0. The Morgan fingerprint density at radius 1 is 0.889 bits per heavy atom. The summed E-state index contributed by atoms with van der Waals surface area (Å²) in [4.78, 5) is 41.0. The number of hydrogen-bond donors (Lipinski definition) is 0. The molecular formula is C21H19ClN2O3. The number of fused-ring (bicyclic) bond motifs is 1. The van der Waals surface area contributed by atoms with Gasteiger partial charge in [0.05, 0.1) is 0 Å². The van der Waals surface area contributed by atoms with E-state index in [4.69, 9.17) is 11.6 Å². The van der Waals surface area contributed by atoms with Crippen LogP contribution in [0, 0.1) is 0 Å². The Labute approximate surface area is 162 Å². The summed E-state index contributed by atoms with van der Waals surface area (Å²) in [6.45, 7) is 2.06. The predicted octanol–water partition coefficient (Wildman–Crippen LogP) is 3.50. The van der Waals surface area contributed by atoms with E-state index in [0.29, 0.717) is 6.54 Å². The molecule has 0 N–H and O–H groups in total. The van der Waals surface area contributed by atoms with E-state index >= 15 is 0 Å². The molecule has 0 bridgehead atoms. The molecule has 0 heterocycles. The SMILES string of the molecule is CC(=O)N(CCN(C)c1ccccc1)C1=C(Cl)C(=O)c2ccccc2C1=O. The average molecular weight is 383 g/mol. The van der Waals surface area contributed by atoms with Crippen LogP contribution in [0.5, 0.6) is 0 Å². The fourth-order valence-electron chi connectivity index (χ4n) is 3.06. The molecule has 27 heavy (non-hydrogen) atoms. The number of benzene rings is 2. The van der Waals surface area contributed by atoms with Crippen LogP contribution in [0.25, 0.3) is 0 Å². The zero-order valence-corrected chi connectivity index (χ0v) is 15.9. The number of halogens is 1. The van der Waals surface area contributed by atoms with Crippen LogP contribution in [0.4, 0.5) is 5.69 Å². The highest BCUT2D eigenvalue weighted by molar-refractivity contribution is 6.50. The van der Waals surface area contributed by atoms with Crippen molar-refractivity contribution in [1.29, 1.82) is 0 Å². The first-order valence-corrected chi connectivity index (χ1v) is 8.92. The second kappa shape index (κ2) is 7.76.